The van der Waals surface area contributed by atoms with Gasteiger partial charge in [-0.05, 0) is 53.6 Å². The molecule has 25 heavy (non-hydrogen) atoms. The molecule has 5 nitrogen and oxygen atoms in total. The molecule has 0 saturated carbocycles. The van der Waals surface area contributed by atoms with Gasteiger partial charge in [-0.15, -0.1) is 0 Å². The summed E-state index contributed by atoms with van der Waals surface area (Å²) in [6.45, 7) is 3.99. The molecule has 2 heterocycles. The van der Waals surface area contributed by atoms with Gasteiger partial charge < -0.3 is 4.90 Å². The maximum atomic E-state index is 12.5. The first-order valence-corrected chi connectivity index (χ1v) is 12.2. The van der Waals surface area contributed by atoms with Crippen LogP contribution >= 0.6 is 34.4 Å². The lowest BCUT2D eigenvalue weighted by Gasteiger charge is -2.25. The first-order chi connectivity index (χ1) is 11.8. The van der Waals surface area contributed by atoms with Crippen LogP contribution in [0.15, 0.2) is 29.3 Å². The van der Waals surface area contributed by atoms with Crippen molar-refractivity contribution in [3.05, 3.63) is 27.8 Å². The molecule has 1 amide bonds. The maximum absolute atomic E-state index is 12.5. The molecule has 1 aromatic rings. The number of aliphatic imine (C=N–C) groups is 1. The molecular formula is C17H21IN2O3S2. The molecule has 1 aromatic carbocycles. The number of fused-ring (bicyclic) bond motifs is 1. The number of thioether (sulfide) groups is 1. The van der Waals surface area contributed by atoms with Crippen LogP contribution in [0.2, 0.25) is 0 Å². The monoisotopic (exact) mass is 492 g/mol. The average Bonchev–Trinajstić information content (AvgIpc) is 2.99. The Balaban J connectivity index is 1.99. The fourth-order valence-electron chi connectivity index (χ4n) is 3.32. The first-order valence-electron chi connectivity index (χ1n) is 8.39. The van der Waals surface area contributed by atoms with E-state index < -0.39 is 9.84 Å². The molecule has 2 atom stereocenters. The topological polar surface area (TPSA) is 66.8 Å². The van der Waals surface area contributed by atoms with Crippen LogP contribution in [0, 0.1) is 9.49 Å². The Morgan fingerprint density at radius 1 is 1.36 bits per heavy atom. The van der Waals surface area contributed by atoms with Crippen molar-refractivity contribution < 1.29 is 13.2 Å². The van der Waals surface area contributed by atoms with Crippen molar-refractivity contribution in [1.82, 2.24) is 0 Å². The Bertz CT molecular complexity index is 806. The van der Waals surface area contributed by atoms with Gasteiger partial charge in [-0.1, -0.05) is 31.7 Å². The molecule has 0 aromatic heterocycles. The number of nitrogens with zero attached hydrogens (tertiary/aromatic N) is 2. The number of carbonyl (C=O) groups is 1. The van der Waals surface area contributed by atoms with Gasteiger partial charge in [-0.3, -0.25) is 4.79 Å². The predicted octanol–water partition coefficient (Wildman–Crippen LogP) is 3.33. The van der Waals surface area contributed by atoms with Crippen LogP contribution in [-0.2, 0) is 14.6 Å². The summed E-state index contributed by atoms with van der Waals surface area (Å²) in [7, 11) is -3.04. The van der Waals surface area contributed by atoms with Crippen molar-refractivity contribution in [2.45, 2.75) is 38.0 Å². The lowest BCUT2D eigenvalue weighted by Crippen LogP contribution is -2.38. The van der Waals surface area contributed by atoms with Crippen LogP contribution in [0.1, 0.15) is 26.7 Å². The van der Waals surface area contributed by atoms with Gasteiger partial charge in [0.05, 0.1) is 17.5 Å². The van der Waals surface area contributed by atoms with E-state index in [4.69, 9.17) is 0 Å². The van der Waals surface area contributed by atoms with E-state index in [9.17, 15) is 13.2 Å². The molecule has 2 aliphatic rings. The van der Waals surface area contributed by atoms with Gasteiger partial charge >= 0.3 is 0 Å². The fourth-order valence-corrected chi connectivity index (χ4v) is 7.76. The van der Waals surface area contributed by atoms with Crippen LogP contribution in [0.25, 0.3) is 0 Å². The quantitative estimate of drug-likeness (QED) is 0.604. The molecule has 0 aliphatic carbocycles. The lowest BCUT2D eigenvalue weighted by atomic mass is 10.0. The van der Waals surface area contributed by atoms with Crippen molar-refractivity contribution in [2.75, 3.05) is 16.4 Å². The van der Waals surface area contributed by atoms with Crippen LogP contribution < -0.4 is 4.90 Å². The molecule has 3 rings (SSSR count). The number of rotatable bonds is 4. The minimum atomic E-state index is -3.04. The Morgan fingerprint density at radius 2 is 2.08 bits per heavy atom. The highest BCUT2D eigenvalue weighted by Crippen LogP contribution is 2.41. The Hall–Kier alpha value is -0.610. The average molecular weight is 492 g/mol. The largest absolute Gasteiger partial charge is 0.316 e. The van der Waals surface area contributed by atoms with Gasteiger partial charge in [0.2, 0.25) is 0 Å². The predicted molar refractivity (Wildman–Crippen MR) is 112 cm³/mol. The Morgan fingerprint density at radius 3 is 2.72 bits per heavy atom. The second-order valence-corrected chi connectivity index (χ2v) is 11.0. The van der Waals surface area contributed by atoms with E-state index in [1.165, 1.54) is 11.8 Å². The smallest absolute Gasteiger partial charge is 0.251 e. The zero-order chi connectivity index (χ0) is 18.2. The van der Waals surface area contributed by atoms with E-state index in [0.29, 0.717) is 5.17 Å². The van der Waals surface area contributed by atoms with Crippen molar-refractivity contribution in [3.8, 4) is 0 Å². The van der Waals surface area contributed by atoms with Crippen molar-refractivity contribution in [2.24, 2.45) is 10.9 Å². The molecule has 0 spiro atoms. The third-order valence-corrected chi connectivity index (χ3v) is 8.57. The van der Waals surface area contributed by atoms with Crippen molar-refractivity contribution in [3.63, 3.8) is 0 Å². The second-order valence-electron chi connectivity index (χ2n) is 6.40. The molecule has 0 N–H and O–H groups in total. The minimum absolute atomic E-state index is 0.0591. The number of sulfone groups is 1. The van der Waals surface area contributed by atoms with Gasteiger partial charge in [0.25, 0.3) is 5.91 Å². The molecule has 8 heteroatoms. The van der Waals surface area contributed by atoms with Crippen LogP contribution in [0.4, 0.5) is 5.69 Å². The van der Waals surface area contributed by atoms with Crippen molar-refractivity contribution in [1.29, 1.82) is 0 Å². The number of amides is 1. The van der Waals surface area contributed by atoms with Crippen molar-refractivity contribution >= 4 is 61.0 Å². The second kappa shape index (κ2) is 7.56. The minimum Gasteiger partial charge on any atom is -0.316 e. The highest BCUT2D eigenvalue weighted by molar-refractivity contribution is 14.1. The number of carbonyl (C=O) groups excluding carboxylic acids is 1. The first kappa shape index (κ1) is 19.2. The summed E-state index contributed by atoms with van der Waals surface area (Å²) in [6, 6.07) is 7.74. The van der Waals surface area contributed by atoms with E-state index in [1.807, 2.05) is 43.0 Å². The highest BCUT2D eigenvalue weighted by Gasteiger charge is 2.49. The van der Waals surface area contributed by atoms with E-state index in [1.54, 1.807) is 0 Å². The summed E-state index contributed by atoms with van der Waals surface area (Å²) in [4.78, 5) is 18.9. The Labute approximate surface area is 166 Å². The van der Waals surface area contributed by atoms with Crippen LogP contribution in [0.5, 0.6) is 0 Å². The maximum Gasteiger partial charge on any atom is 0.251 e. The van der Waals surface area contributed by atoms with Gasteiger partial charge in [-0.2, -0.15) is 4.99 Å². The van der Waals surface area contributed by atoms with Gasteiger partial charge in [0.1, 0.15) is 0 Å². The molecule has 0 radical (unpaired) electrons. The fraction of sp³-hybridized carbons (Fsp3) is 0.529. The molecule has 2 aliphatic heterocycles. The number of anilines is 1. The molecule has 2 unspecified atom stereocenters. The van der Waals surface area contributed by atoms with Crippen LogP contribution in [0.3, 0.4) is 0 Å². The normalized spacial score (nSPS) is 26.4. The molecule has 0 bridgehead atoms. The summed E-state index contributed by atoms with van der Waals surface area (Å²) in [5.74, 6) is 0.0935. The molecule has 2 saturated heterocycles. The lowest BCUT2D eigenvalue weighted by molar-refractivity contribution is -0.121. The number of halogens is 1. The number of benzene rings is 1. The molecule has 136 valence electrons. The molecule has 2 fully saturated rings. The van der Waals surface area contributed by atoms with Gasteiger partial charge in [-0.25, -0.2) is 8.42 Å². The van der Waals surface area contributed by atoms with Gasteiger partial charge in [0, 0.05) is 20.4 Å². The number of amidine groups is 1. The summed E-state index contributed by atoms with van der Waals surface area (Å²) >= 11 is 3.67. The third kappa shape index (κ3) is 4.05. The molecular weight excluding hydrogens is 471 g/mol. The van der Waals surface area contributed by atoms with E-state index >= 15 is 0 Å². The summed E-state index contributed by atoms with van der Waals surface area (Å²) < 4.78 is 25.2. The van der Waals surface area contributed by atoms with Crippen LogP contribution in [-0.4, -0.2) is 42.3 Å². The summed E-state index contributed by atoms with van der Waals surface area (Å²) in [5.41, 5.74) is 0.903. The standard InChI is InChI=1S/C17H21IN2O3S2/c1-3-11(4-2)16(21)19-17-20(13-7-5-6-12(18)8-13)14-9-25(22,23)10-15(14)24-17/h5-8,11,14-15H,3-4,9-10H2,1-2H3. The third-order valence-electron chi connectivity index (χ3n) is 4.69. The summed E-state index contributed by atoms with van der Waals surface area (Å²) in [5, 5.41) is 0.583. The SMILES string of the molecule is CCC(CC)C(=O)N=C1SC2CS(=O)(=O)CC2N1c1cccc(I)c1. The summed E-state index contributed by atoms with van der Waals surface area (Å²) in [6.07, 6.45) is 1.53. The highest BCUT2D eigenvalue weighted by atomic mass is 127. The zero-order valence-corrected chi connectivity index (χ0v) is 18.0. The van der Waals surface area contributed by atoms with E-state index in [0.717, 1.165) is 22.1 Å². The number of hydrogen-bond donors (Lipinski definition) is 0. The van der Waals surface area contributed by atoms with Gasteiger partial charge in [0.15, 0.2) is 15.0 Å². The Kier molecular flexibility index (Phi) is 5.79. The van der Waals surface area contributed by atoms with E-state index in [2.05, 4.69) is 27.6 Å². The van der Waals surface area contributed by atoms with E-state index in [-0.39, 0.29) is 34.6 Å². The zero-order valence-electron chi connectivity index (χ0n) is 14.2. The number of hydrogen-bond acceptors (Lipinski definition) is 4.